The zero-order chi connectivity index (χ0) is 30.1. The van der Waals surface area contributed by atoms with Crippen molar-refractivity contribution in [3.63, 3.8) is 0 Å². The third-order valence-electron chi connectivity index (χ3n) is 6.54. The minimum absolute atomic E-state index is 0.0168. The van der Waals surface area contributed by atoms with Gasteiger partial charge in [-0.3, -0.25) is 14.9 Å². The molecular formula is C31H19BrN4O7. The number of non-ortho nitro benzene ring substituents is 1. The van der Waals surface area contributed by atoms with Crippen molar-refractivity contribution in [1.29, 1.82) is 0 Å². The Morgan fingerprint density at radius 2 is 1.91 bits per heavy atom. The van der Waals surface area contributed by atoms with Crippen LogP contribution in [0.2, 0.25) is 0 Å². The molecule has 0 aliphatic rings. The fourth-order valence-electron chi connectivity index (χ4n) is 4.47. The lowest BCUT2D eigenvalue weighted by Gasteiger charge is -2.10. The lowest BCUT2D eigenvalue weighted by molar-refractivity contribution is -0.384. The van der Waals surface area contributed by atoms with Gasteiger partial charge in [-0.2, -0.15) is 9.78 Å². The molecule has 212 valence electrons. The maximum Gasteiger partial charge on any atom is 0.335 e. The van der Waals surface area contributed by atoms with Crippen molar-refractivity contribution in [2.45, 2.75) is 6.61 Å². The number of ether oxygens (including phenoxy) is 1. The quantitative estimate of drug-likeness (QED) is 0.111. The van der Waals surface area contributed by atoms with Crippen molar-refractivity contribution in [2.24, 2.45) is 5.10 Å². The third kappa shape index (κ3) is 5.63. The van der Waals surface area contributed by atoms with Gasteiger partial charge in [0.15, 0.2) is 5.76 Å². The minimum Gasteiger partial charge on any atom is -0.488 e. The highest BCUT2D eigenvalue weighted by Gasteiger charge is 2.18. The van der Waals surface area contributed by atoms with Crippen LogP contribution in [0.4, 0.5) is 5.69 Å². The first kappa shape index (κ1) is 27.5. The fraction of sp³-hybridized carbons (Fsp3) is 0.0323. The van der Waals surface area contributed by atoms with Crippen LogP contribution in [0.3, 0.4) is 0 Å². The summed E-state index contributed by atoms with van der Waals surface area (Å²) in [6, 6.07) is 24.2. The number of benzene rings is 4. The van der Waals surface area contributed by atoms with Gasteiger partial charge in [0.1, 0.15) is 17.9 Å². The molecule has 0 spiro atoms. The van der Waals surface area contributed by atoms with Crippen LogP contribution < -0.4 is 10.3 Å². The van der Waals surface area contributed by atoms with Crippen LogP contribution in [0.5, 0.6) is 5.75 Å². The zero-order valence-corrected chi connectivity index (χ0v) is 23.6. The minimum atomic E-state index is -1.08. The summed E-state index contributed by atoms with van der Waals surface area (Å²) in [4.78, 5) is 40.6. The third-order valence-corrected chi connectivity index (χ3v) is 7.03. The Morgan fingerprint density at radius 3 is 2.72 bits per heavy atom. The highest BCUT2D eigenvalue weighted by atomic mass is 79.9. The van der Waals surface area contributed by atoms with E-state index in [9.17, 15) is 24.8 Å². The summed E-state index contributed by atoms with van der Waals surface area (Å²) in [6.07, 6.45) is 1.27. The number of nitro groups is 1. The van der Waals surface area contributed by atoms with Crippen LogP contribution in [-0.2, 0) is 6.61 Å². The number of nitro benzene ring substituents is 1. The molecule has 0 unspecified atom stereocenters. The number of aromatic carboxylic acids is 1. The number of rotatable bonds is 8. The molecule has 0 bridgehead atoms. The molecule has 0 aliphatic carbocycles. The summed E-state index contributed by atoms with van der Waals surface area (Å²) in [5, 5.41) is 26.3. The molecule has 1 N–H and O–H groups in total. The van der Waals surface area contributed by atoms with Crippen LogP contribution in [0, 0.1) is 10.1 Å². The number of carboxylic acid groups (broad SMARTS) is 1. The molecule has 0 fully saturated rings. The molecule has 0 amide bonds. The van der Waals surface area contributed by atoms with Gasteiger partial charge in [0.2, 0.25) is 5.82 Å². The Kier molecular flexibility index (Phi) is 7.26. The fourth-order valence-corrected chi connectivity index (χ4v) is 4.85. The summed E-state index contributed by atoms with van der Waals surface area (Å²) in [5.41, 5.74) is 1.22. The van der Waals surface area contributed by atoms with Crippen molar-refractivity contribution < 1.29 is 24.0 Å². The monoisotopic (exact) mass is 638 g/mol. The Morgan fingerprint density at radius 1 is 1.07 bits per heavy atom. The first-order valence-electron chi connectivity index (χ1n) is 12.8. The molecule has 0 radical (unpaired) electrons. The smallest absolute Gasteiger partial charge is 0.335 e. The van der Waals surface area contributed by atoms with E-state index in [0.29, 0.717) is 27.8 Å². The van der Waals surface area contributed by atoms with E-state index in [2.05, 4.69) is 26.0 Å². The van der Waals surface area contributed by atoms with E-state index in [1.807, 2.05) is 12.1 Å². The standard InChI is InChI=1S/C31H19BrN4O7/c32-22-8-10-27-20(13-22)15-28(43-27)29-34-25-7-2-1-6-24(25)30(37)35(29)33-16-21-14-23(36(40)41)9-11-26(21)42-17-18-4-3-5-19(12-18)31(38)39/h1-16H,17H2,(H,38,39). The molecule has 0 atom stereocenters. The second-order valence-corrected chi connectivity index (χ2v) is 10.3. The average molecular weight is 639 g/mol. The number of carboxylic acids is 1. The van der Waals surface area contributed by atoms with Gasteiger partial charge in [0.25, 0.3) is 11.2 Å². The number of aromatic nitrogens is 2. The van der Waals surface area contributed by atoms with Crippen LogP contribution >= 0.6 is 15.9 Å². The molecule has 0 saturated heterocycles. The number of carbonyl (C=O) groups is 1. The lowest BCUT2D eigenvalue weighted by atomic mass is 10.1. The first-order chi connectivity index (χ1) is 20.8. The summed E-state index contributed by atoms with van der Waals surface area (Å²) < 4.78 is 13.9. The van der Waals surface area contributed by atoms with E-state index in [1.165, 1.54) is 36.5 Å². The van der Waals surface area contributed by atoms with Gasteiger partial charge in [0, 0.05) is 27.6 Å². The number of hydrogen-bond donors (Lipinski definition) is 1. The van der Waals surface area contributed by atoms with Gasteiger partial charge in [-0.1, -0.05) is 40.2 Å². The largest absolute Gasteiger partial charge is 0.488 e. The number of furan rings is 1. The summed E-state index contributed by atoms with van der Waals surface area (Å²) in [5.74, 6) is -0.424. The van der Waals surface area contributed by atoms with E-state index in [1.54, 1.807) is 48.5 Å². The second kappa shape index (κ2) is 11.3. The maximum absolute atomic E-state index is 13.6. The van der Waals surface area contributed by atoms with E-state index in [4.69, 9.17) is 9.15 Å². The van der Waals surface area contributed by atoms with E-state index in [0.717, 1.165) is 14.5 Å². The number of hydrogen-bond acceptors (Lipinski definition) is 8. The Hall–Kier alpha value is -5.62. The molecule has 43 heavy (non-hydrogen) atoms. The van der Waals surface area contributed by atoms with Gasteiger partial charge >= 0.3 is 5.97 Å². The van der Waals surface area contributed by atoms with Gasteiger partial charge in [0.05, 0.1) is 27.6 Å². The van der Waals surface area contributed by atoms with Gasteiger partial charge in [-0.15, -0.1) is 0 Å². The second-order valence-electron chi connectivity index (χ2n) is 9.38. The van der Waals surface area contributed by atoms with Gasteiger partial charge in [-0.05, 0) is 60.2 Å². The maximum atomic E-state index is 13.6. The number of nitrogens with zero attached hydrogens (tertiary/aromatic N) is 4. The number of fused-ring (bicyclic) bond motifs is 2. The van der Waals surface area contributed by atoms with Crippen LogP contribution in [0.15, 0.2) is 110 Å². The topological polar surface area (TPSA) is 150 Å². The van der Waals surface area contributed by atoms with Crippen LogP contribution in [-0.4, -0.2) is 31.9 Å². The normalized spacial score (nSPS) is 11.4. The van der Waals surface area contributed by atoms with Crippen molar-refractivity contribution >= 4 is 55.7 Å². The predicted molar refractivity (Wildman–Crippen MR) is 163 cm³/mol. The summed E-state index contributed by atoms with van der Waals surface area (Å²) in [7, 11) is 0. The zero-order valence-electron chi connectivity index (χ0n) is 22.0. The van der Waals surface area contributed by atoms with E-state index < -0.39 is 16.5 Å². The average Bonchev–Trinajstić information content (AvgIpc) is 3.43. The lowest BCUT2D eigenvalue weighted by Crippen LogP contribution is -2.20. The Bertz CT molecular complexity index is 2150. The highest BCUT2D eigenvalue weighted by molar-refractivity contribution is 9.10. The molecule has 11 nitrogen and oxygen atoms in total. The Labute approximate surface area is 250 Å². The number of para-hydroxylation sites is 1. The molecule has 0 saturated carbocycles. The van der Waals surface area contributed by atoms with Crippen molar-refractivity contribution in [3.05, 3.63) is 133 Å². The van der Waals surface area contributed by atoms with Crippen molar-refractivity contribution in [1.82, 2.24) is 9.66 Å². The molecule has 12 heteroatoms. The van der Waals surface area contributed by atoms with Crippen molar-refractivity contribution in [3.8, 4) is 17.3 Å². The SMILES string of the molecule is O=C(O)c1cccc(COc2ccc([N+](=O)[O-])cc2C=Nn2c(-c3cc4cc(Br)ccc4o3)nc3ccccc3c2=O)c1. The molecule has 2 aromatic heterocycles. The molecule has 4 aromatic carbocycles. The predicted octanol–water partition coefficient (Wildman–Crippen LogP) is 6.64. The van der Waals surface area contributed by atoms with Gasteiger partial charge < -0.3 is 14.3 Å². The van der Waals surface area contributed by atoms with E-state index >= 15 is 0 Å². The molecule has 6 rings (SSSR count). The summed E-state index contributed by atoms with van der Waals surface area (Å²) >= 11 is 3.45. The van der Waals surface area contributed by atoms with Crippen LogP contribution in [0.1, 0.15) is 21.5 Å². The first-order valence-corrected chi connectivity index (χ1v) is 13.6. The number of halogens is 1. The summed E-state index contributed by atoms with van der Waals surface area (Å²) in [6.45, 7) is -0.0168. The van der Waals surface area contributed by atoms with E-state index in [-0.39, 0.29) is 35.0 Å². The molecule has 2 heterocycles. The molecular weight excluding hydrogens is 620 g/mol. The van der Waals surface area contributed by atoms with Gasteiger partial charge in [-0.25, -0.2) is 9.78 Å². The molecule has 6 aromatic rings. The van der Waals surface area contributed by atoms with Crippen molar-refractivity contribution in [2.75, 3.05) is 0 Å². The molecule has 0 aliphatic heterocycles. The van der Waals surface area contributed by atoms with Crippen LogP contribution in [0.25, 0.3) is 33.5 Å². The Balaban J connectivity index is 1.44. The highest BCUT2D eigenvalue weighted by Crippen LogP contribution is 2.30.